The van der Waals surface area contributed by atoms with Gasteiger partial charge in [0, 0.05) is 24.4 Å². The third-order valence-corrected chi connectivity index (χ3v) is 2.51. The van der Waals surface area contributed by atoms with Crippen molar-refractivity contribution < 1.29 is 9.59 Å². The molecule has 1 saturated heterocycles. The summed E-state index contributed by atoms with van der Waals surface area (Å²) >= 11 is 0. The predicted molar refractivity (Wildman–Crippen MR) is 52.8 cm³/mol. The Morgan fingerprint density at radius 1 is 1.67 bits per heavy atom. The summed E-state index contributed by atoms with van der Waals surface area (Å²) in [6.07, 6.45) is 1.78. The number of carbonyl (C=O) groups is 2. The number of nitrogens with zero attached hydrogens (tertiary/aromatic N) is 2. The van der Waals surface area contributed by atoms with Crippen molar-refractivity contribution >= 4 is 17.6 Å². The first-order valence-corrected chi connectivity index (χ1v) is 4.74. The summed E-state index contributed by atoms with van der Waals surface area (Å²) in [5.41, 5.74) is 6.15. The van der Waals surface area contributed by atoms with Crippen molar-refractivity contribution in [2.45, 2.75) is 19.9 Å². The van der Waals surface area contributed by atoms with Gasteiger partial charge in [-0.2, -0.15) is 5.10 Å². The van der Waals surface area contributed by atoms with E-state index in [0.717, 1.165) is 4.90 Å². The van der Waals surface area contributed by atoms with Crippen LogP contribution in [0.4, 0.5) is 5.82 Å². The fourth-order valence-corrected chi connectivity index (χ4v) is 1.67. The van der Waals surface area contributed by atoms with Gasteiger partial charge < -0.3 is 5.73 Å². The molecule has 15 heavy (non-hydrogen) atoms. The maximum Gasteiger partial charge on any atom is 0.238 e. The van der Waals surface area contributed by atoms with Crippen LogP contribution in [-0.2, 0) is 16.1 Å². The van der Waals surface area contributed by atoms with Crippen molar-refractivity contribution in [3.63, 3.8) is 0 Å². The molecule has 2 amide bonds. The second-order valence-electron chi connectivity index (χ2n) is 3.62. The van der Waals surface area contributed by atoms with Crippen LogP contribution in [-0.4, -0.2) is 22.0 Å². The first kappa shape index (κ1) is 9.85. The zero-order chi connectivity index (χ0) is 11.0. The number of anilines is 1. The van der Waals surface area contributed by atoms with Gasteiger partial charge >= 0.3 is 0 Å². The summed E-state index contributed by atoms with van der Waals surface area (Å²) < 4.78 is 0. The van der Waals surface area contributed by atoms with E-state index in [0.29, 0.717) is 11.4 Å². The Kier molecular flexibility index (Phi) is 2.28. The Morgan fingerprint density at radius 3 is 2.93 bits per heavy atom. The third-order valence-electron chi connectivity index (χ3n) is 2.51. The first-order chi connectivity index (χ1) is 7.15. The Hall–Kier alpha value is -1.69. The number of carbonyl (C=O) groups excluding carboxylic acids is 2. The maximum absolute atomic E-state index is 11.7. The molecule has 3 N–H and O–H groups in total. The predicted octanol–water partition coefficient (Wildman–Crippen LogP) is -0.232. The fourth-order valence-electron chi connectivity index (χ4n) is 1.67. The molecule has 1 unspecified atom stereocenters. The van der Waals surface area contributed by atoms with Crippen molar-refractivity contribution in [1.82, 2.24) is 10.2 Å². The highest BCUT2D eigenvalue weighted by atomic mass is 16.2. The minimum absolute atomic E-state index is 0.195. The summed E-state index contributed by atoms with van der Waals surface area (Å²) in [5, 5.41) is 6.41. The molecule has 2 rings (SSSR count). The highest BCUT2D eigenvalue weighted by Gasteiger charge is 2.38. The van der Waals surface area contributed by atoms with Crippen LogP contribution in [0.15, 0.2) is 6.20 Å². The zero-order valence-electron chi connectivity index (χ0n) is 8.36. The quantitative estimate of drug-likeness (QED) is 0.656. The number of amides is 2. The van der Waals surface area contributed by atoms with E-state index < -0.39 is 0 Å². The smallest absolute Gasteiger partial charge is 0.238 e. The number of nitrogens with two attached hydrogens (primary N) is 1. The molecule has 0 aromatic carbocycles. The number of aromatic amines is 1. The van der Waals surface area contributed by atoms with E-state index in [2.05, 4.69) is 10.2 Å². The van der Waals surface area contributed by atoms with Gasteiger partial charge in [0.15, 0.2) is 0 Å². The third kappa shape index (κ3) is 1.42. The van der Waals surface area contributed by atoms with E-state index in [1.165, 1.54) is 6.20 Å². The molecule has 1 atom stereocenters. The lowest BCUT2D eigenvalue weighted by atomic mass is 10.1. The van der Waals surface area contributed by atoms with Gasteiger partial charge in [-0.25, -0.2) is 4.90 Å². The van der Waals surface area contributed by atoms with E-state index in [1.807, 2.05) is 0 Å². The molecule has 6 heteroatoms. The largest absolute Gasteiger partial charge is 0.326 e. The van der Waals surface area contributed by atoms with Gasteiger partial charge in [0.1, 0.15) is 5.82 Å². The van der Waals surface area contributed by atoms with E-state index in [-0.39, 0.29) is 30.7 Å². The number of H-pyrrole nitrogens is 1. The normalized spacial score (nSPS) is 21.5. The van der Waals surface area contributed by atoms with Crippen molar-refractivity contribution in [3.05, 3.63) is 11.8 Å². The number of nitrogens with one attached hydrogen (secondary N) is 1. The minimum atomic E-state index is -0.258. The molecule has 0 spiro atoms. The lowest BCUT2D eigenvalue weighted by Gasteiger charge is -2.13. The number of imide groups is 1. The van der Waals surface area contributed by atoms with Gasteiger partial charge in [0.2, 0.25) is 11.8 Å². The Bertz CT molecular complexity index is 412. The fraction of sp³-hybridized carbons (Fsp3) is 0.444. The zero-order valence-corrected chi connectivity index (χ0v) is 8.36. The number of aromatic nitrogens is 2. The van der Waals surface area contributed by atoms with Crippen molar-refractivity contribution in [2.24, 2.45) is 11.7 Å². The lowest BCUT2D eigenvalue weighted by molar-refractivity contribution is -0.122. The molecule has 1 aliphatic heterocycles. The average molecular weight is 208 g/mol. The van der Waals surface area contributed by atoms with Crippen LogP contribution >= 0.6 is 0 Å². The van der Waals surface area contributed by atoms with E-state index in [4.69, 9.17) is 5.73 Å². The second kappa shape index (κ2) is 3.47. The molecule has 2 heterocycles. The molecule has 0 radical (unpaired) electrons. The molecule has 1 fully saturated rings. The Balaban J connectivity index is 2.39. The van der Waals surface area contributed by atoms with E-state index in [1.54, 1.807) is 6.92 Å². The van der Waals surface area contributed by atoms with Gasteiger partial charge in [-0.15, -0.1) is 0 Å². The minimum Gasteiger partial charge on any atom is -0.326 e. The summed E-state index contributed by atoms with van der Waals surface area (Å²) in [5.74, 6) is -0.242. The number of hydrogen-bond acceptors (Lipinski definition) is 4. The summed E-state index contributed by atoms with van der Waals surface area (Å²) in [4.78, 5) is 24.4. The molecule has 1 aromatic heterocycles. The highest BCUT2D eigenvalue weighted by molar-refractivity contribution is 6.20. The second-order valence-corrected chi connectivity index (χ2v) is 3.62. The summed E-state index contributed by atoms with van der Waals surface area (Å²) in [6, 6.07) is 0. The van der Waals surface area contributed by atoms with Crippen molar-refractivity contribution in [1.29, 1.82) is 0 Å². The average Bonchev–Trinajstić information content (AvgIpc) is 2.73. The highest BCUT2D eigenvalue weighted by Crippen LogP contribution is 2.26. The van der Waals surface area contributed by atoms with Crippen LogP contribution in [0, 0.1) is 5.92 Å². The standard InChI is InChI=1S/C9H12N4O2/c1-5-2-7(14)13(9(5)15)8-6(3-10)4-11-12-8/h4-5H,2-3,10H2,1H3,(H,11,12). The van der Waals surface area contributed by atoms with Crippen LogP contribution < -0.4 is 10.6 Å². The molecule has 1 aromatic rings. The van der Waals surface area contributed by atoms with Gasteiger partial charge in [-0.3, -0.25) is 14.7 Å². The molecule has 6 nitrogen and oxygen atoms in total. The molecule has 0 bridgehead atoms. The first-order valence-electron chi connectivity index (χ1n) is 4.74. The van der Waals surface area contributed by atoms with Crippen LogP contribution in [0.2, 0.25) is 0 Å². The van der Waals surface area contributed by atoms with Gasteiger partial charge in [0.05, 0.1) is 6.20 Å². The van der Waals surface area contributed by atoms with Crippen molar-refractivity contribution in [3.8, 4) is 0 Å². The summed E-state index contributed by atoms with van der Waals surface area (Å²) in [6.45, 7) is 1.98. The Labute approximate surface area is 86.4 Å². The van der Waals surface area contributed by atoms with Gasteiger partial charge in [-0.05, 0) is 0 Å². The van der Waals surface area contributed by atoms with E-state index in [9.17, 15) is 9.59 Å². The summed E-state index contributed by atoms with van der Waals surface area (Å²) in [7, 11) is 0. The number of hydrogen-bond donors (Lipinski definition) is 2. The monoisotopic (exact) mass is 208 g/mol. The van der Waals surface area contributed by atoms with E-state index >= 15 is 0 Å². The maximum atomic E-state index is 11.7. The molecular weight excluding hydrogens is 196 g/mol. The lowest BCUT2D eigenvalue weighted by Crippen LogP contribution is -2.31. The molecular formula is C9H12N4O2. The van der Waals surface area contributed by atoms with Crippen molar-refractivity contribution in [2.75, 3.05) is 4.90 Å². The molecule has 0 saturated carbocycles. The number of rotatable bonds is 2. The molecule has 0 aliphatic carbocycles. The molecule has 80 valence electrons. The Morgan fingerprint density at radius 2 is 2.40 bits per heavy atom. The van der Waals surface area contributed by atoms with Crippen LogP contribution in [0.5, 0.6) is 0 Å². The SMILES string of the molecule is CC1CC(=O)N(c2[nH]ncc2CN)C1=O. The van der Waals surface area contributed by atoms with Gasteiger partial charge in [-0.1, -0.05) is 6.92 Å². The molecule has 1 aliphatic rings. The van der Waals surface area contributed by atoms with Crippen LogP contribution in [0.25, 0.3) is 0 Å². The topological polar surface area (TPSA) is 92.1 Å². The van der Waals surface area contributed by atoms with Gasteiger partial charge in [0.25, 0.3) is 0 Å². The van der Waals surface area contributed by atoms with Crippen LogP contribution in [0.3, 0.4) is 0 Å². The van der Waals surface area contributed by atoms with Crippen LogP contribution in [0.1, 0.15) is 18.9 Å².